The second kappa shape index (κ2) is 18.4. The monoisotopic (exact) mass is 313 g/mol. The molecule has 0 aliphatic heterocycles. The number of nitro groups is 1. The molecular formula is C19H39NO2. The van der Waals surface area contributed by atoms with Gasteiger partial charge in [0.25, 0.3) is 0 Å². The lowest BCUT2D eigenvalue weighted by Gasteiger charge is -2.03. The van der Waals surface area contributed by atoms with Gasteiger partial charge in [-0.2, -0.15) is 0 Å². The molecule has 22 heavy (non-hydrogen) atoms. The van der Waals surface area contributed by atoms with Crippen molar-refractivity contribution in [3.05, 3.63) is 10.1 Å². The topological polar surface area (TPSA) is 43.1 Å². The Balaban J connectivity index is 2.95. The summed E-state index contributed by atoms with van der Waals surface area (Å²) in [4.78, 5) is 9.96. The van der Waals surface area contributed by atoms with Gasteiger partial charge in [-0.05, 0) is 6.42 Å². The molecule has 0 aromatic rings. The molecule has 0 saturated heterocycles. The third-order valence-electron chi connectivity index (χ3n) is 4.44. The van der Waals surface area contributed by atoms with Crippen LogP contribution in [0.2, 0.25) is 0 Å². The van der Waals surface area contributed by atoms with Gasteiger partial charge in [0.2, 0.25) is 6.54 Å². The summed E-state index contributed by atoms with van der Waals surface area (Å²) in [6.07, 6.45) is 22.4. The summed E-state index contributed by atoms with van der Waals surface area (Å²) in [7, 11) is 0. The van der Waals surface area contributed by atoms with Gasteiger partial charge in [0.1, 0.15) is 0 Å². The van der Waals surface area contributed by atoms with E-state index in [0.29, 0.717) is 0 Å². The highest BCUT2D eigenvalue weighted by Gasteiger charge is 1.97. The first-order valence-corrected chi connectivity index (χ1v) is 9.89. The Kier molecular flexibility index (Phi) is 17.9. The molecule has 0 unspecified atom stereocenters. The summed E-state index contributed by atoms with van der Waals surface area (Å²) in [6.45, 7) is 2.43. The molecule has 0 radical (unpaired) electrons. The smallest absolute Gasteiger partial charge is 0.203 e. The third kappa shape index (κ3) is 19.4. The second-order valence-electron chi connectivity index (χ2n) is 6.71. The number of hydrogen-bond acceptors (Lipinski definition) is 2. The predicted octanol–water partition coefficient (Wildman–Crippen LogP) is 6.91. The second-order valence-corrected chi connectivity index (χ2v) is 6.71. The van der Waals surface area contributed by atoms with Gasteiger partial charge in [-0.3, -0.25) is 10.1 Å². The standard InChI is InChI=1S/C19H39NO2/c1-2-3-4-5-6-7-8-9-10-11-12-13-14-15-16-17-18-19-20(21)22/h2-19H2,1H3. The van der Waals surface area contributed by atoms with E-state index in [1.54, 1.807) is 0 Å². The Morgan fingerprint density at radius 2 is 0.818 bits per heavy atom. The average molecular weight is 314 g/mol. The van der Waals surface area contributed by atoms with Gasteiger partial charge in [0.15, 0.2) is 0 Å². The van der Waals surface area contributed by atoms with E-state index in [4.69, 9.17) is 0 Å². The lowest BCUT2D eigenvalue weighted by molar-refractivity contribution is -0.480. The van der Waals surface area contributed by atoms with Crippen LogP contribution in [0.1, 0.15) is 116 Å². The summed E-state index contributed by atoms with van der Waals surface area (Å²) < 4.78 is 0. The number of rotatable bonds is 18. The fourth-order valence-electron chi connectivity index (χ4n) is 2.97. The molecule has 0 atom stereocenters. The van der Waals surface area contributed by atoms with E-state index in [9.17, 15) is 10.1 Å². The Bertz CT molecular complexity index is 231. The van der Waals surface area contributed by atoms with E-state index >= 15 is 0 Å². The fourth-order valence-corrected chi connectivity index (χ4v) is 2.97. The van der Waals surface area contributed by atoms with Crippen molar-refractivity contribution in [2.24, 2.45) is 0 Å². The highest BCUT2D eigenvalue weighted by Crippen LogP contribution is 2.13. The maximum absolute atomic E-state index is 10.2. The SMILES string of the molecule is CCCCCCCCCCCCCCCCCCC[N+](=O)[O-]. The summed E-state index contributed by atoms with van der Waals surface area (Å²) in [5.74, 6) is 0. The Hall–Kier alpha value is -0.600. The molecule has 0 fully saturated rings. The molecule has 0 spiro atoms. The minimum absolute atomic E-state index is 0.151. The maximum Gasteiger partial charge on any atom is 0.203 e. The molecule has 3 heteroatoms. The van der Waals surface area contributed by atoms with Crippen LogP contribution in [0.15, 0.2) is 0 Å². The zero-order valence-electron chi connectivity index (χ0n) is 15.0. The summed E-state index contributed by atoms with van der Waals surface area (Å²) in [5.41, 5.74) is 0. The van der Waals surface area contributed by atoms with Gasteiger partial charge >= 0.3 is 0 Å². The van der Waals surface area contributed by atoms with Crippen molar-refractivity contribution in [2.75, 3.05) is 6.54 Å². The minimum atomic E-state index is -0.203. The molecule has 0 amide bonds. The zero-order valence-corrected chi connectivity index (χ0v) is 15.0. The quantitative estimate of drug-likeness (QED) is 0.157. The van der Waals surface area contributed by atoms with Gasteiger partial charge in [0.05, 0.1) is 0 Å². The van der Waals surface area contributed by atoms with Crippen molar-refractivity contribution in [1.29, 1.82) is 0 Å². The van der Waals surface area contributed by atoms with Crippen molar-refractivity contribution in [1.82, 2.24) is 0 Å². The normalized spacial score (nSPS) is 11.0. The van der Waals surface area contributed by atoms with Crippen LogP contribution >= 0.6 is 0 Å². The molecule has 0 N–H and O–H groups in total. The van der Waals surface area contributed by atoms with E-state index in [0.717, 1.165) is 12.8 Å². The molecule has 3 nitrogen and oxygen atoms in total. The van der Waals surface area contributed by atoms with Gasteiger partial charge in [-0.15, -0.1) is 0 Å². The first-order chi connectivity index (χ1) is 10.8. The highest BCUT2D eigenvalue weighted by molar-refractivity contribution is 4.50. The number of hydrogen-bond donors (Lipinski definition) is 0. The first kappa shape index (κ1) is 21.4. The first-order valence-electron chi connectivity index (χ1n) is 9.89. The van der Waals surface area contributed by atoms with Crippen LogP contribution < -0.4 is 0 Å². The maximum atomic E-state index is 10.2. The molecule has 0 aliphatic carbocycles. The molecule has 0 heterocycles. The number of unbranched alkanes of at least 4 members (excludes halogenated alkanes) is 16. The van der Waals surface area contributed by atoms with Crippen LogP contribution in [0.4, 0.5) is 0 Å². The van der Waals surface area contributed by atoms with Gasteiger partial charge in [-0.1, -0.05) is 103 Å². The fraction of sp³-hybridized carbons (Fsp3) is 1.00. The van der Waals surface area contributed by atoms with Crippen molar-refractivity contribution < 1.29 is 4.92 Å². The summed E-state index contributed by atoms with van der Waals surface area (Å²) >= 11 is 0. The van der Waals surface area contributed by atoms with Gasteiger partial charge in [0, 0.05) is 11.3 Å². The molecule has 0 aromatic carbocycles. The van der Waals surface area contributed by atoms with Crippen molar-refractivity contribution in [3.8, 4) is 0 Å². The highest BCUT2D eigenvalue weighted by atomic mass is 16.6. The van der Waals surface area contributed by atoms with Crippen LogP contribution in [0.3, 0.4) is 0 Å². The van der Waals surface area contributed by atoms with Crippen molar-refractivity contribution in [2.45, 2.75) is 116 Å². The average Bonchev–Trinajstić information content (AvgIpc) is 2.50. The van der Waals surface area contributed by atoms with Crippen LogP contribution in [-0.4, -0.2) is 11.5 Å². The zero-order chi connectivity index (χ0) is 16.3. The molecule has 132 valence electrons. The van der Waals surface area contributed by atoms with E-state index in [1.807, 2.05) is 0 Å². The predicted molar refractivity (Wildman–Crippen MR) is 96.0 cm³/mol. The summed E-state index contributed by atoms with van der Waals surface area (Å²) in [6, 6.07) is 0. The van der Waals surface area contributed by atoms with Crippen molar-refractivity contribution in [3.63, 3.8) is 0 Å². The summed E-state index contributed by atoms with van der Waals surface area (Å²) in [5, 5.41) is 10.2. The Labute approximate surface area is 138 Å². The van der Waals surface area contributed by atoms with Crippen LogP contribution in [0.25, 0.3) is 0 Å². The van der Waals surface area contributed by atoms with Crippen LogP contribution in [0.5, 0.6) is 0 Å². The Morgan fingerprint density at radius 1 is 0.545 bits per heavy atom. The molecule has 0 aliphatic rings. The Morgan fingerprint density at radius 3 is 1.09 bits per heavy atom. The molecule has 0 rings (SSSR count). The molecule has 0 saturated carbocycles. The third-order valence-corrected chi connectivity index (χ3v) is 4.44. The molecular weight excluding hydrogens is 274 g/mol. The molecule has 0 aromatic heterocycles. The lowest BCUT2D eigenvalue weighted by Crippen LogP contribution is -1.99. The van der Waals surface area contributed by atoms with E-state index < -0.39 is 0 Å². The number of nitrogens with zero attached hydrogens (tertiary/aromatic N) is 1. The molecule has 0 bridgehead atoms. The minimum Gasteiger partial charge on any atom is -0.265 e. The van der Waals surface area contributed by atoms with E-state index in [1.165, 1.54) is 96.3 Å². The van der Waals surface area contributed by atoms with Crippen molar-refractivity contribution >= 4 is 0 Å². The van der Waals surface area contributed by atoms with E-state index in [-0.39, 0.29) is 11.5 Å². The van der Waals surface area contributed by atoms with E-state index in [2.05, 4.69) is 6.92 Å². The van der Waals surface area contributed by atoms with Gasteiger partial charge < -0.3 is 0 Å². The van der Waals surface area contributed by atoms with Crippen LogP contribution in [-0.2, 0) is 0 Å². The van der Waals surface area contributed by atoms with Gasteiger partial charge in [-0.25, -0.2) is 0 Å². The largest absolute Gasteiger partial charge is 0.265 e. The van der Waals surface area contributed by atoms with Crippen LogP contribution in [0, 0.1) is 10.1 Å². The lowest BCUT2D eigenvalue weighted by atomic mass is 10.0.